The van der Waals surface area contributed by atoms with Crippen LogP contribution in [0, 0.1) is 29.0 Å². The van der Waals surface area contributed by atoms with Crippen LogP contribution in [0.3, 0.4) is 0 Å². The number of nitrogens with one attached hydrogen (secondary N) is 2. The van der Waals surface area contributed by atoms with Gasteiger partial charge in [0.25, 0.3) is 0 Å². The molecule has 0 unspecified atom stereocenters. The normalized spacial score (nSPS) is 27.8. The third-order valence-electron chi connectivity index (χ3n) is 5.64. The Morgan fingerprint density at radius 1 is 1.19 bits per heavy atom. The highest BCUT2D eigenvalue weighted by Gasteiger charge is 2.47. The van der Waals surface area contributed by atoms with E-state index in [0.717, 1.165) is 24.8 Å². The molecule has 1 aliphatic heterocycles. The fourth-order valence-electron chi connectivity index (χ4n) is 4.29. The number of amides is 1. The Labute approximate surface area is 162 Å². The molecule has 4 atom stereocenters. The SMILES string of the molecule is CC(C)C[C@H]1CN(C(=N)[C@@H]2C[C@H]2c2ccc(F)cc2)[C@@H](CC(C)C)C(=O)N1. The highest BCUT2D eigenvalue weighted by Crippen LogP contribution is 2.49. The van der Waals surface area contributed by atoms with E-state index >= 15 is 0 Å². The molecular weight excluding hydrogens is 341 g/mol. The summed E-state index contributed by atoms with van der Waals surface area (Å²) in [5.74, 6) is 1.71. The summed E-state index contributed by atoms with van der Waals surface area (Å²) >= 11 is 0. The van der Waals surface area contributed by atoms with Gasteiger partial charge in [-0.1, -0.05) is 39.8 Å². The molecule has 2 N–H and O–H groups in total. The number of hydrogen-bond donors (Lipinski definition) is 2. The summed E-state index contributed by atoms with van der Waals surface area (Å²) in [6.45, 7) is 9.27. The van der Waals surface area contributed by atoms with Gasteiger partial charge < -0.3 is 10.2 Å². The van der Waals surface area contributed by atoms with Gasteiger partial charge in [-0.2, -0.15) is 0 Å². The molecule has 1 aromatic carbocycles. The summed E-state index contributed by atoms with van der Waals surface area (Å²) in [4.78, 5) is 14.8. The van der Waals surface area contributed by atoms with Gasteiger partial charge in [0.1, 0.15) is 17.7 Å². The van der Waals surface area contributed by atoms with Crippen molar-refractivity contribution < 1.29 is 9.18 Å². The van der Waals surface area contributed by atoms with Crippen molar-refractivity contribution in [3.8, 4) is 0 Å². The van der Waals surface area contributed by atoms with Crippen molar-refractivity contribution in [2.24, 2.45) is 17.8 Å². The summed E-state index contributed by atoms with van der Waals surface area (Å²) in [5.41, 5.74) is 1.09. The van der Waals surface area contributed by atoms with Crippen molar-refractivity contribution >= 4 is 11.7 Å². The van der Waals surface area contributed by atoms with Gasteiger partial charge in [-0.25, -0.2) is 4.39 Å². The molecule has 0 spiro atoms. The lowest BCUT2D eigenvalue weighted by atomic mass is 9.94. The molecule has 0 aromatic heterocycles. The summed E-state index contributed by atoms with van der Waals surface area (Å²) in [6, 6.07) is 6.47. The number of amidine groups is 1. The van der Waals surface area contributed by atoms with Crippen LogP contribution in [0.15, 0.2) is 24.3 Å². The Morgan fingerprint density at radius 3 is 2.41 bits per heavy atom. The van der Waals surface area contributed by atoms with Crippen molar-refractivity contribution in [1.82, 2.24) is 10.2 Å². The minimum Gasteiger partial charge on any atom is -0.350 e. The number of benzene rings is 1. The van der Waals surface area contributed by atoms with Crippen molar-refractivity contribution in [2.45, 2.75) is 65.0 Å². The lowest BCUT2D eigenvalue weighted by Crippen LogP contribution is -2.62. The van der Waals surface area contributed by atoms with E-state index in [4.69, 9.17) is 5.41 Å². The molecule has 1 aromatic rings. The number of rotatable bonds is 6. The molecule has 0 radical (unpaired) electrons. The monoisotopic (exact) mass is 373 g/mol. The average molecular weight is 374 g/mol. The second-order valence-corrected chi connectivity index (χ2v) is 9.02. The Bertz CT molecular complexity index is 685. The predicted molar refractivity (Wildman–Crippen MR) is 106 cm³/mol. The summed E-state index contributed by atoms with van der Waals surface area (Å²) in [7, 11) is 0. The maximum absolute atomic E-state index is 13.2. The van der Waals surface area contributed by atoms with E-state index in [1.54, 1.807) is 0 Å². The molecule has 148 valence electrons. The van der Waals surface area contributed by atoms with E-state index in [-0.39, 0.29) is 35.6 Å². The van der Waals surface area contributed by atoms with Crippen LogP contribution < -0.4 is 5.32 Å². The van der Waals surface area contributed by atoms with Crippen molar-refractivity contribution in [3.63, 3.8) is 0 Å². The highest BCUT2D eigenvalue weighted by molar-refractivity contribution is 5.92. The first-order chi connectivity index (χ1) is 12.8. The van der Waals surface area contributed by atoms with Crippen molar-refractivity contribution in [2.75, 3.05) is 6.54 Å². The lowest BCUT2D eigenvalue weighted by molar-refractivity contribution is -0.129. The van der Waals surface area contributed by atoms with E-state index in [1.165, 1.54) is 12.1 Å². The van der Waals surface area contributed by atoms with Gasteiger partial charge in [-0.05, 0) is 54.7 Å². The van der Waals surface area contributed by atoms with Crippen LogP contribution in [0.5, 0.6) is 0 Å². The van der Waals surface area contributed by atoms with Gasteiger partial charge in [0.05, 0.1) is 0 Å². The number of halogens is 1. The number of nitrogens with zero attached hydrogens (tertiary/aromatic N) is 1. The number of hydrogen-bond acceptors (Lipinski definition) is 2. The zero-order valence-electron chi connectivity index (χ0n) is 16.8. The maximum atomic E-state index is 13.2. The van der Waals surface area contributed by atoms with E-state index in [9.17, 15) is 9.18 Å². The van der Waals surface area contributed by atoms with Crippen molar-refractivity contribution in [1.29, 1.82) is 5.41 Å². The van der Waals surface area contributed by atoms with Crippen LogP contribution in [0.25, 0.3) is 0 Å². The first kappa shape index (κ1) is 19.8. The number of piperazine rings is 1. The zero-order valence-corrected chi connectivity index (χ0v) is 16.8. The second kappa shape index (κ2) is 7.99. The Hall–Kier alpha value is -1.91. The predicted octanol–water partition coefficient (Wildman–Crippen LogP) is 4.17. The Balaban J connectivity index is 1.74. The molecule has 2 aliphatic rings. The highest BCUT2D eigenvalue weighted by atomic mass is 19.1. The van der Waals surface area contributed by atoms with Gasteiger partial charge in [0.15, 0.2) is 0 Å². The molecule has 1 saturated carbocycles. The molecule has 4 nitrogen and oxygen atoms in total. The van der Waals surface area contributed by atoms with Crippen LogP contribution in [0.1, 0.15) is 58.4 Å². The average Bonchev–Trinajstić information content (AvgIpc) is 3.37. The molecule has 27 heavy (non-hydrogen) atoms. The minimum absolute atomic E-state index is 0.0596. The zero-order chi connectivity index (χ0) is 19.7. The van der Waals surface area contributed by atoms with E-state index in [1.807, 2.05) is 12.1 Å². The van der Waals surface area contributed by atoms with Crippen LogP contribution in [-0.4, -0.2) is 35.3 Å². The third kappa shape index (κ3) is 4.69. The van der Waals surface area contributed by atoms with Gasteiger partial charge in [0, 0.05) is 18.5 Å². The summed E-state index contributed by atoms with van der Waals surface area (Å²) < 4.78 is 13.2. The summed E-state index contributed by atoms with van der Waals surface area (Å²) in [6.07, 6.45) is 2.60. The summed E-state index contributed by atoms with van der Waals surface area (Å²) in [5, 5.41) is 12.0. The van der Waals surface area contributed by atoms with Crippen LogP contribution in [0.4, 0.5) is 4.39 Å². The Morgan fingerprint density at radius 2 is 1.81 bits per heavy atom. The van der Waals surface area contributed by atoms with Crippen LogP contribution in [-0.2, 0) is 4.79 Å². The first-order valence-electron chi connectivity index (χ1n) is 10.2. The fraction of sp³-hybridized carbons (Fsp3) is 0.636. The number of carbonyl (C=O) groups excluding carboxylic acids is 1. The van der Waals surface area contributed by atoms with E-state index in [2.05, 4.69) is 37.9 Å². The topological polar surface area (TPSA) is 56.2 Å². The third-order valence-corrected chi connectivity index (χ3v) is 5.64. The molecule has 2 fully saturated rings. The van der Waals surface area contributed by atoms with Crippen LogP contribution >= 0.6 is 0 Å². The van der Waals surface area contributed by atoms with Gasteiger partial charge in [-0.15, -0.1) is 0 Å². The molecule has 1 aliphatic carbocycles. The van der Waals surface area contributed by atoms with E-state index in [0.29, 0.717) is 24.2 Å². The quantitative estimate of drug-likeness (QED) is 0.581. The first-order valence-corrected chi connectivity index (χ1v) is 10.2. The van der Waals surface area contributed by atoms with Crippen molar-refractivity contribution in [3.05, 3.63) is 35.6 Å². The molecule has 5 heteroatoms. The molecule has 3 rings (SSSR count). The Kier molecular flexibility index (Phi) is 5.87. The molecule has 1 amide bonds. The smallest absolute Gasteiger partial charge is 0.243 e. The standard InChI is InChI=1S/C22H32FN3O/c1-13(2)9-17-12-26(20(10-14(3)4)22(27)25-17)21(24)19-11-18(19)15-5-7-16(23)8-6-15/h5-8,13-14,17-20,24H,9-12H2,1-4H3,(H,25,27)/t17-,18-,19+,20-/m0/s1. The van der Waals surface area contributed by atoms with Gasteiger partial charge in [-0.3, -0.25) is 10.2 Å². The molecule has 1 heterocycles. The van der Waals surface area contributed by atoms with Crippen LogP contribution in [0.2, 0.25) is 0 Å². The molecule has 1 saturated heterocycles. The molecular formula is C22H32FN3O. The number of carbonyl (C=O) groups is 1. The van der Waals surface area contributed by atoms with E-state index < -0.39 is 0 Å². The fourth-order valence-corrected chi connectivity index (χ4v) is 4.29. The van der Waals surface area contributed by atoms with Gasteiger partial charge in [0.2, 0.25) is 5.91 Å². The molecule has 0 bridgehead atoms. The second-order valence-electron chi connectivity index (χ2n) is 9.02. The maximum Gasteiger partial charge on any atom is 0.243 e. The minimum atomic E-state index is -0.254. The largest absolute Gasteiger partial charge is 0.350 e. The van der Waals surface area contributed by atoms with Gasteiger partial charge >= 0.3 is 0 Å². The lowest BCUT2D eigenvalue weighted by Gasteiger charge is -2.42.